The van der Waals surface area contributed by atoms with Crippen molar-refractivity contribution in [3.8, 4) is 5.75 Å². The SMILES string of the molecule is CC(C)C[C@H](NC(=O)[C@@H](NC(=O)[C@H](Cc1ccc(O)cc1)NC(=O)[C@H](CO)NC(=O)[C@@H]1CCCN1C(=O)[C@H](C)NC(=O)[C@H](C)NC(=O)[C@@H]1CCCN1C(=O)[C@@H](N)[C@@H](C)O)[C@@H](C)O)C(=O)N[C@@H](CCCCN)C(=O)O. The highest BCUT2D eigenvalue weighted by atomic mass is 16.4. The third-order valence-corrected chi connectivity index (χ3v) is 12.8. The first-order valence-electron chi connectivity index (χ1n) is 25.0. The number of benzene rings is 1. The number of aliphatic carboxylic acids is 1. The first-order chi connectivity index (χ1) is 34.8. The number of phenolic OH excluding ortho intramolecular Hbond substituents is 1. The highest BCUT2D eigenvalue weighted by Gasteiger charge is 2.41. The van der Waals surface area contributed by atoms with E-state index < -0.39 is 138 Å². The Morgan fingerprint density at radius 3 is 1.68 bits per heavy atom. The van der Waals surface area contributed by atoms with Crippen molar-refractivity contribution in [2.24, 2.45) is 17.4 Å². The van der Waals surface area contributed by atoms with E-state index >= 15 is 0 Å². The number of carboxylic acids is 1. The van der Waals surface area contributed by atoms with E-state index in [1.807, 2.05) is 0 Å². The maximum absolute atomic E-state index is 14.1. The van der Waals surface area contributed by atoms with Crippen LogP contribution in [0, 0.1) is 5.92 Å². The predicted molar refractivity (Wildman–Crippen MR) is 265 cm³/mol. The third-order valence-electron chi connectivity index (χ3n) is 12.8. The molecular formula is C48H77N11O15. The average molecular weight is 1050 g/mol. The van der Waals surface area contributed by atoms with Gasteiger partial charge in [-0.05, 0) is 109 Å². The molecule has 0 bridgehead atoms. The van der Waals surface area contributed by atoms with E-state index in [2.05, 4.69) is 37.2 Å². The number of hydrogen-bond donors (Lipinski definition) is 14. The summed E-state index contributed by atoms with van der Waals surface area (Å²) in [7, 11) is 0. The Morgan fingerprint density at radius 2 is 1.15 bits per heavy atom. The maximum atomic E-state index is 14.1. The molecule has 1 aromatic carbocycles. The van der Waals surface area contributed by atoms with Crippen LogP contribution in [0.15, 0.2) is 24.3 Å². The zero-order valence-corrected chi connectivity index (χ0v) is 42.9. The van der Waals surface area contributed by atoms with Crippen LogP contribution in [-0.4, -0.2) is 193 Å². The van der Waals surface area contributed by atoms with Gasteiger partial charge in [-0.3, -0.25) is 43.2 Å². The van der Waals surface area contributed by atoms with Gasteiger partial charge in [-0.25, -0.2) is 4.79 Å². The van der Waals surface area contributed by atoms with Gasteiger partial charge in [0.25, 0.3) is 0 Å². The number of likely N-dealkylation sites (tertiary alicyclic amines) is 2. The largest absolute Gasteiger partial charge is 0.508 e. The molecular weight excluding hydrogens is 971 g/mol. The van der Waals surface area contributed by atoms with Crippen LogP contribution >= 0.6 is 0 Å². The lowest BCUT2D eigenvalue weighted by Crippen LogP contribution is -2.62. The quantitative estimate of drug-likeness (QED) is 0.0353. The van der Waals surface area contributed by atoms with Gasteiger partial charge >= 0.3 is 5.97 Å². The molecule has 26 nitrogen and oxygen atoms in total. The van der Waals surface area contributed by atoms with Gasteiger partial charge in [0.05, 0.1) is 18.8 Å². The van der Waals surface area contributed by atoms with Crippen LogP contribution in [0.1, 0.15) is 98.5 Å². The fourth-order valence-corrected chi connectivity index (χ4v) is 8.49. The molecule has 0 aromatic heterocycles. The average Bonchev–Trinajstić information content (AvgIpc) is 4.05. The van der Waals surface area contributed by atoms with Crippen LogP contribution < -0.4 is 48.7 Å². The number of unbranched alkanes of at least 4 members (excludes halogenated alkanes) is 1. The summed E-state index contributed by atoms with van der Waals surface area (Å²) in [6.45, 7) is 8.43. The van der Waals surface area contributed by atoms with E-state index in [4.69, 9.17) is 11.5 Å². The normalized spacial score (nSPS) is 19.5. The Hall–Kier alpha value is -6.48. The summed E-state index contributed by atoms with van der Waals surface area (Å²) in [4.78, 5) is 136. The number of carbonyl (C=O) groups is 10. The van der Waals surface area contributed by atoms with E-state index in [1.54, 1.807) is 13.8 Å². The molecule has 16 N–H and O–H groups in total. The van der Waals surface area contributed by atoms with Gasteiger partial charge < -0.3 is 84.0 Å². The highest BCUT2D eigenvalue weighted by Crippen LogP contribution is 2.21. The minimum atomic E-state index is -1.74. The van der Waals surface area contributed by atoms with E-state index in [-0.39, 0.29) is 50.4 Å². The van der Waals surface area contributed by atoms with Crippen LogP contribution in [0.5, 0.6) is 5.75 Å². The minimum Gasteiger partial charge on any atom is -0.508 e. The molecule has 0 radical (unpaired) electrons. The number of nitrogens with zero attached hydrogens (tertiary/aromatic N) is 2. The number of aliphatic hydroxyl groups is 3. The van der Waals surface area contributed by atoms with Crippen molar-refractivity contribution < 1.29 is 73.5 Å². The summed E-state index contributed by atoms with van der Waals surface area (Å²) in [6, 6.07) is -7.82. The summed E-state index contributed by atoms with van der Waals surface area (Å²) < 4.78 is 0. The summed E-state index contributed by atoms with van der Waals surface area (Å²) in [5, 5.41) is 67.8. The molecule has 2 aliphatic heterocycles. The van der Waals surface area contributed by atoms with Crippen molar-refractivity contribution in [2.75, 3.05) is 26.2 Å². The van der Waals surface area contributed by atoms with Crippen molar-refractivity contribution in [3.63, 3.8) is 0 Å². The summed E-state index contributed by atoms with van der Waals surface area (Å²) in [5.41, 5.74) is 11.7. The Morgan fingerprint density at radius 1 is 0.622 bits per heavy atom. The molecule has 9 amide bonds. The number of aliphatic hydroxyl groups excluding tert-OH is 3. The van der Waals surface area contributed by atoms with Crippen molar-refractivity contribution in [3.05, 3.63) is 29.8 Å². The number of nitrogens with two attached hydrogens (primary N) is 2. The molecule has 0 spiro atoms. The van der Waals surface area contributed by atoms with Gasteiger partial charge in [0.2, 0.25) is 53.2 Å². The number of hydrogen-bond acceptors (Lipinski definition) is 16. The van der Waals surface area contributed by atoms with Gasteiger partial charge in [0, 0.05) is 19.5 Å². The monoisotopic (exact) mass is 1050 g/mol. The van der Waals surface area contributed by atoms with E-state index in [0.29, 0.717) is 44.2 Å². The minimum absolute atomic E-state index is 0.0408. The molecule has 0 aliphatic carbocycles. The van der Waals surface area contributed by atoms with Gasteiger partial charge in [0.15, 0.2) is 0 Å². The molecule has 26 heteroatoms. The topological polar surface area (TPSA) is 415 Å². The molecule has 74 heavy (non-hydrogen) atoms. The number of phenols is 1. The lowest BCUT2D eigenvalue weighted by molar-refractivity contribution is -0.143. The predicted octanol–water partition coefficient (Wildman–Crippen LogP) is -4.31. The van der Waals surface area contributed by atoms with Crippen LogP contribution in [-0.2, 0) is 54.4 Å². The highest BCUT2D eigenvalue weighted by molar-refractivity contribution is 5.99. The second-order valence-corrected chi connectivity index (χ2v) is 19.4. The van der Waals surface area contributed by atoms with Gasteiger partial charge in [-0.1, -0.05) is 26.0 Å². The standard InChI is InChI=1S/C48H77N11O15/c1-24(2)21-32(40(65)53-31(48(73)74)11-7-8-18-49)55-45(70)38(28(6)62)57-41(66)33(22-29-14-16-30(63)17-15-29)54-42(67)34(23-60)56-44(69)36-13-9-19-58(36)46(71)26(4)52-39(64)25(3)51-43(68)35-12-10-20-59(35)47(72)37(50)27(5)61/h14-17,24-28,31-38,60-63H,7-13,18-23,49-50H2,1-6H3,(H,51,68)(H,52,64)(H,53,65)(H,54,67)(H,55,70)(H,56,69)(H,57,66)(H,73,74)/t25-,26-,27+,28+,31-,32-,33-,34-,35-,36-,37-,38-/m0/s1. The molecule has 2 aliphatic rings. The fraction of sp³-hybridized carbons (Fsp3) is 0.667. The Balaban J connectivity index is 1.72. The molecule has 414 valence electrons. The van der Waals surface area contributed by atoms with Gasteiger partial charge in [-0.2, -0.15) is 0 Å². The maximum Gasteiger partial charge on any atom is 0.326 e. The molecule has 2 fully saturated rings. The second-order valence-electron chi connectivity index (χ2n) is 19.4. The van der Waals surface area contributed by atoms with E-state index in [1.165, 1.54) is 61.8 Å². The number of nitrogens with one attached hydrogen (secondary N) is 7. The van der Waals surface area contributed by atoms with Crippen LogP contribution in [0.2, 0.25) is 0 Å². The van der Waals surface area contributed by atoms with Crippen LogP contribution in [0.4, 0.5) is 0 Å². The van der Waals surface area contributed by atoms with Crippen LogP contribution in [0.3, 0.4) is 0 Å². The van der Waals surface area contributed by atoms with E-state index in [0.717, 1.165) is 0 Å². The fourth-order valence-electron chi connectivity index (χ4n) is 8.49. The van der Waals surface area contributed by atoms with Crippen molar-refractivity contribution in [1.29, 1.82) is 0 Å². The zero-order chi connectivity index (χ0) is 55.6. The smallest absolute Gasteiger partial charge is 0.326 e. The Kier molecular flexibility index (Phi) is 24.6. The first-order valence-corrected chi connectivity index (χ1v) is 25.0. The number of aromatic hydroxyl groups is 1. The lowest BCUT2D eigenvalue weighted by Gasteiger charge is -2.30. The number of amides is 9. The van der Waals surface area contributed by atoms with Crippen molar-refractivity contribution in [2.45, 2.75) is 172 Å². The number of carbonyl (C=O) groups excluding carboxylic acids is 9. The number of rotatable bonds is 28. The van der Waals surface area contributed by atoms with Gasteiger partial charge in [0.1, 0.15) is 66.2 Å². The summed E-state index contributed by atoms with van der Waals surface area (Å²) >= 11 is 0. The Labute approximate surface area is 429 Å². The molecule has 12 atom stereocenters. The molecule has 2 saturated heterocycles. The van der Waals surface area contributed by atoms with E-state index in [9.17, 15) is 73.5 Å². The molecule has 0 saturated carbocycles. The third kappa shape index (κ3) is 18.2. The van der Waals surface area contributed by atoms with Gasteiger partial charge in [-0.15, -0.1) is 0 Å². The summed E-state index contributed by atoms with van der Waals surface area (Å²) in [6.07, 6.45) is -0.741. The molecule has 3 rings (SSSR count). The second kappa shape index (κ2) is 29.4. The molecule has 1 aromatic rings. The first kappa shape index (κ1) is 61.8. The lowest BCUT2D eigenvalue weighted by atomic mass is 10.0. The van der Waals surface area contributed by atoms with Crippen molar-refractivity contribution >= 4 is 59.1 Å². The summed E-state index contributed by atoms with van der Waals surface area (Å²) in [5.74, 6) is -9.09. The zero-order valence-electron chi connectivity index (χ0n) is 42.9. The molecule has 0 unspecified atom stereocenters. The van der Waals surface area contributed by atoms with Crippen LogP contribution in [0.25, 0.3) is 0 Å². The molecule has 2 heterocycles. The Bertz CT molecular complexity index is 2130. The number of carboxylic acid groups (broad SMARTS) is 1. The van der Waals surface area contributed by atoms with Crippen molar-refractivity contribution in [1.82, 2.24) is 47.0 Å².